The molecule has 0 radical (unpaired) electrons. The highest BCUT2D eigenvalue weighted by molar-refractivity contribution is 6.11. The molecule has 3 aliphatic rings. The van der Waals surface area contributed by atoms with Crippen molar-refractivity contribution in [3.63, 3.8) is 0 Å². The van der Waals surface area contributed by atoms with E-state index in [2.05, 4.69) is 69.8 Å². The van der Waals surface area contributed by atoms with Crippen molar-refractivity contribution in [3.05, 3.63) is 423 Å². The van der Waals surface area contributed by atoms with Gasteiger partial charge in [0, 0.05) is 28.2 Å². The van der Waals surface area contributed by atoms with E-state index in [-0.39, 0.29) is 60.9 Å². The molecule has 2 fully saturated rings. The molecule has 0 saturated heterocycles. The molecule has 17 heteroatoms. The number of rotatable bonds is 23. The Hall–Kier alpha value is -15.2. The Kier molecular flexibility index (Phi) is 36.0. The normalized spacial score (nSPS) is 14.2. The minimum atomic E-state index is -0.610. The molecule has 1 aromatic heterocycles. The van der Waals surface area contributed by atoms with Crippen LogP contribution in [0.4, 0.5) is 0 Å². The second-order valence-corrected chi connectivity index (χ2v) is 28.7. The largest absolute Gasteiger partial charge is 0.505 e. The van der Waals surface area contributed by atoms with E-state index < -0.39 is 17.9 Å². The van der Waals surface area contributed by atoms with Gasteiger partial charge in [0.05, 0.1) is 24.3 Å². The zero-order chi connectivity index (χ0) is 88.6. The monoisotopic (exact) mass is 1650 g/mol. The van der Waals surface area contributed by atoms with Gasteiger partial charge in [-0.2, -0.15) is 0 Å². The quantitative estimate of drug-likeness (QED) is 0.0208. The van der Waals surface area contributed by atoms with Gasteiger partial charge in [-0.05, 0) is 207 Å². The Morgan fingerprint density at radius 2 is 0.976 bits per heavy atom. The minimum absolute atomic E-state index is 0.00750. The van der Waals surface area contributed by atoms with E-state index in [9.17, 15) is 33.9 Å². The van der Waals surface area contributed by atoms with Crippen LogP contribution in [0.5, 0.6) is 5.75 Å². The number of benzene rings is 10. The van der Waals surface area contributed by atoms with Crippen molar-refractivity contribution in [1.29, 1.82) is 0 Å². The van der Waals surface area contributed by atoms with Gasteiger partial charge in [0.2, 0.25) is 0 Å². The van der Waals surface area contributed by atoms with Crippen LogP contribution < -0.4 is 0 Å². The molecule has 2 saturated carbocycles. The second kappa shape index (κ2) is 48.2. The third-order valence-corrected chi connectivity index (χ3v) is 19.9. The Morgan fingerprint density at radius 3 is 1.47 bits per heavy atom. The highest BCUT2D eigenvalue weighted by Crippen LogP contribution is 2.54. The molecule has 1 heterocycles. The van der Waals surface area contributed by atoms with Gasteiger partial charge >= 0.3 is 29.8 Å². The van der Waals surface area contributed by atoms with Gasteiger partial charge in [0.1, 0.15) is 55.5 Å². The number of phenolic OH excluding ortho intramolecular Hbond substituents is 1. The van der Waals surface area contributed by atoms with E-state index in [0.717, 1.165) is 95.9 Å². The number of hydrogen-bond acceptors (Lipinski definition) is 14. The average molecular weight is 1650 g/mol. The van der Waals surface area contributed by atoms with Gasteiger partial charge in [-0.15, -0.1) is 15.0 Å². The molecule has 17 nitrogen and oxygen atoms in total. The summed E-state index contributed by atoms with van der Waals surface area (Å²) in [6.45, 7) is 35.1. The number of ether oxygens (including phenoxy) is 5. The van der Waals surface area contributed by atoms with Gasteiger partial charge in [0.15, 0.2) is 5.78 Å². The maximum Gasteiger partial charge on any atom is 0.338 e. The molecule has 3 aliphatic carbocycles. The SMILES string of the molecule is C=CCOC(=O)c1ccc2cc(C(=O)OCC=CC)ccc2c1.CC=CCOC(=O)/C=C/c1ccccc1.CC=CCc1cc(C)cc(-n2nc3ccccc3n2)c1O.CC=Cc1ccc(/C=C2/C(=O)C3(C)CCC2C3)cc1.[C-]#[N+]C(C(=O)OCC=CC)=C(c1ccccc1)c1ccccc1.[C-]#[N+]C(C(=O)OCC=CC)=C1c2ccccc2-c2ccccc21. The van der Waals surface area contributed by atoms with E-state index >= 15 is 0 Å². The smallest absolute Gasteiger partial charge is 0.338 e. The fraction of sp³-hybridized carbons (Fsp3) is 0.178. The summed E-state index contributed by atoms with van der Waals surface area (Å²) in [6, 6.07) is 74.5. The number of Topliss-reactive ketones (excluding diaryl/α,β-unsaturated/α-hetero) is 1. The van der Waals surface area contributed by atoms with Crippen LogP contribution in [0.2, 0.25) is 0 Å². The Morgan fingerprint density at radius 1 is 0.508 bits per heavy atom. The molecule has 124 heavy (non-hydrogen) atoms. The number of aromatic nitrogens is 3. The summed E-state index contributed by atoms with van der Waals surface area (Å²) < 4.78 is 25.4. The number of carbonyl (C=O) groups excluding carboxylic acids is 6. The van der Waals surface area contributed by atoms with Crippen LogP contribution in [0, 0.1) is 31.4 Å². The molecule has 1 N–H and O–H groups in total. The Balaban J connectivity index is 0.000000169. The first-order valence-corrected chi connectivity index (χ1v) is 40.8. The predicted octanol–water partition coefficient (Wildman–Crippen LogP) is 23.7. The Bertz CT molecular complexity index is 5810. The number of allylic oxidation sites excluding steroid dienone is 8. The van der Waals surface area contributed by atoms with Crippen molar-refractivity contribution in [1.82, 2.24) is 15.0 Å². The topological polar surface area (TPSA) is 208 Å². The summed E-state index contributed by atoms with van der Waals surface area (Å²) in [6.07, 6.45) is 33.2. The van der Waals surface area contributed by atoms with Crippen LogP contribution in [-0.4, -0.2) is 88.8 Å². The summed E-state index contributed by atoms with van der Waals surface area (Å²) in [5.74, 6) is -1.16. The summed E-state index contributed by atoms with van der Waals surface area (Å²) in [4.78, 5) is 80.3. The lowest BCUT2D eigenvalue weighted by Crippen LogP contribution is -2.22. The zero-order valence-electron chi connectivity index (χ0n) is 71.1. The molecule has 14 rings (SSSR count). The molecular weight excluding hydrogens is 1550 g/mol. The molecule has 2 unspecified atom stereocenters. The van der Waals surface area contributed by atoms with Crippen LogP contribution in [0.3, 0.4) is 0 Å². The average Bonchev–Trinajstić information content (AvgIpc) is 1.60. The number of esters is 5. The maximum absolute atomic E-state index is 12.4. The third-order valence-electron chi connectivity index (χ3n) is 19.9. The standard InChI is InChI=1S/C20H15NO2.C20H17NO2.C19H18O4.C18H20O.C17H17N3O.C13H14O2/c1-3-4-13-23-20(22)19(21-2)18-16-11-7-5-9-14(16)15-10-6-8-12-17(15)18;1-3-4-15-23-20(22)19(21-2)18(16-11-7-5-8-12-16)17-13-9-6-10-14-17;1-3-5-11-23-19(21)17-9-7-14-12-16(8-6-15(14)13-17)18(20)22-10-4-2;1-3-4-13-5-7-14(8-6-13)11-16-15-9-10-18(2,12-15)17(16)19;1-3-4-7-13-10-12(2)11-16(17(13)21)20-18-14-8-5-6-9-15(14)19-20;1-2-3-11-15-13(14)10-9-12-7-5-4-6-8-12/h3-12H,13H2,1H3;3-14H,15H2,1H3;3-9,12-13H,2,10-11H2,1H3;3-8,11,15H,9-10,12H2,1-2H3;3-6,8-11,21H,7H2,1-2H3;2-10H,11H2,1H3/b;;;4-3?,16-11+;;3-2?,10-9+. The van der Waals surface area contributed by atoms with Crippen LogP contribution in [0.15, 0.2) is 339 Å². The first-order chi connectivity index (χ1) is 60.3. The highest BCUT2D eigenvalue weighted by Gasteiger charge is 2.51. The van der Waals surface area contributed by atoms with E-state index in [4.69, 9.17) is 36.8 Å². The van der Waals surface area contributed by atoms with E-state index in [0.29, 0.717) is 52.7 Å². The van der Waals surface area contributed by atoms with Gasteiger partial charge in [-0.25, -0.2) is 24.1 Å². The lowest BCUT2D eigenvalue weighted by Gasteiger charge is -2.20. The first-order valence-electron chi connectivity index (χ1n) is 40.8. The summed E-state index contributed by atoms with van der Waals surface area (Å²) >= 11 is 0. The van der Waals surface area contributed by atoms with Crippen LogP contribution in [0.25, 0.3) is 77.7 Å². The maximum atomic E-state index is 12.4. The fourth-order valence-electron chi connectivity index (χ4n) is 13.8. The van der Waals surface area contributed by atoms with Gasteiger partial charge in [-0.3, -0.25) is 14.4 Å². The second-order valence-electron chi connectivity index (χ2n) is 28.7. The molecule has 11 aromatic rings. The molecule has 2 atom stereocenters. The first kappa shape index (κ1) is 92.7. The third kappa shape index (κ3) is 25.9. The number of nitrogens with zero attached hydrogens (tertiary/aromatic N) is 5. The molecule has 10 aromatic carbocycles. The summed E-state index contributed by atoms with van der Waals surface area (Å²) in [5, 5.41) is 21.1. The van der Waals surface area contributed by atoms with Crippen LogP contribution in [-0.2, 0) is 49.3 Å². The fourth-order valence-corrected chi connectivity index (χ4v) is 13.8. The van der Waals surface area contributed by atoms with Gasteiger partial charge < -0.3 is 28.8 Å². The van der Waals surface area contributed by atoms with Crippen LogP contribution >= 0.6 is 0 Å². The molecule has 0 amide bonds. The van der Waals surface area contributed by atoms with E-state index in [1.807, 2.05) is 255 Å². The predicted molar refractivity (Wildman–Crippen MR) is 496 cm³/mol. The number of hydrogen-bond donors (Lipinski definition) is 1. The van der Waals surface area contributed by atoms with Crippen molar-refractivity contribution < 1.29 is 57.6 Å². The van der Waals surface area contributed by atoms with E-state index in [1.54, 1.807) is 78.9 Å². The number of phenols is 1. The molecule has 0 aliphatic heterocycles. The van der Waals surface area contributed by atoms with Gasteiger partial charge in [-0.1, -0.05) is 287 Å². The van der Waals surface area contributed by atoms with Crippen molar-refractivity contribution in [2.75, 3.05) is 33.0 Å². The molecule has 626 valence electrons. The lowest BCUT2D eigenvalue weighted by atomic mass is 9.83. The van der Waals surface area contributed by atoms with Crippen molar-refractivity contribution in [2.45, 2.75) is 81.1 Å². The van der Waals surface area contributed by atoms with Crippen LogP contribution in [0.1, 0.15) is 139 Å². The highest BCUT2D eigenvalue weighted by atomic mass is 16.5. The number of ketones is 1. The molecular formula is C107H101N5O12. The van der Waals surface area contributed by atoms with Crippen molar-refractivity contribution in [2.24, 2.45) is 11.3 Å². The van der Waals surface area contributed by atoms with E-state index in [1.165, 1.54) is 28.9 Å². The summed E-state index contributed by atoms with van der Waals surface area (Å²) in [5.41, 5.74) is 16.3. The zero-order valence-corrected chi connectivity index (χ0v) is 71.1. The molecule has 0 spiro atoms. The van der Waals surface area contributed by atoms with Crippen molar-refractivity contribution >= 4 is 86.8 Å². The minimum Gasteiger partial charge on any atom is -0.505 e. The summed E-state index contributed by atoms with van der Waals surface area (Å²) in [7, 11) is 0. The Labute approximate surface area is 726 Å². The van der Waals surface area contributed by atoms with Gasteiger partial charge in [0.25, 0.3) is 11.4 Å². The number of carbonyl (C=O) groups is 6. The molecule has 2 bridgehead atoms. The number of aromatic hydroxyl groups is 1. The van der Waals surface area contributed by atoms with Crippen molar-refractivity contribution in [3.8, 4) is 22.6 Å². The number of aryl methyl sites for hydroxylation is 1. The number of fused-ring (bicyclic) bond motifs is 7. The lowest BCUT2D eigenvalue weighted by molar-refractivity contribution is -0.138.